The zero-order chi connectivity index (χ0) is 16.8. The molecule has 3 N–H and O–H groups in total. The van der Waals surface area contributed by atoms with Crippen LogP contribution in [0.4, 0.5) is 15.8 Å². The number of hydrogen-bond acceptors (Lipinski definition) is 3. The van der Waals surface area contributed by atoms with Crippen LogP contribution in [0, 0.1) is 5.82 Å². The fourth-order valence-electron chi connectivity index (χ4n) is 1.79. The van der Waals surface area contributed by atoms with Crippen LogP contribution in [-0.2, 0) is 0 Å². The number of nitrogens with one attached hydrogen (secondary N) is 3. The van der Waals surface area contributed by atoms with Gasteiger partial charge in [0.2, 0.25) is 0 Å². The molecule has 23 heavy (non-hydrogen) atoms. The number of hydrogen-bond donors (Lipinski definition) is 3. The molecular weight excluding hydrogens is 315 g/mol. The van der Waals surface area contributed by atoms with E-state index in [1.807, 2.05) is 31.1 Å². The lowest BCUT2D eigenvalue weighted by atomic mass is 10.2. The summed E-state index contributed by atoms with van der Waals surface area (Å²) in [6, 6.07) is 12.9. The average molecular weight is 332 g/mol. The highest BCUT2D eigenvalue weighted by Gasteiger charge is 2.06. The number of anilines is 2. The van der Waals surface area contributed by atoms with Crippen molar-refractivity contribution in [2.75, 3.05) is 24.3 Å². The zero-order valence-corrected chi connectivity index (χ0v) is 13.6. The van der Waals surface area contributed by atoms with Crippen molar-refractivity contribution in [3.8, 4) is 0 Å². The van der Waals surface area contributed by atoms with Crippen molar-refractivity contribution < 1.29 is 9.18 Å². The summed E-state index contributed by atoms with van der Waals surface area (Å²) < 4.78 is 12.8. The number of amides is 1. The lowest BCUT2D eigenvalue weighted by Gasteiger charge is -2.14. The van der Waals surface area contributed by atoms with Gasteiger partial charge in [0.15, 0.2) is 5.11 Å². The molecule has 120 valence electrons. The topological polar surface area (TPSA) is 56.4 Å². The zero-order valence-electron chi connectivity index (χ0n) is 12.8. The molecule has 0 spiro atoms. The number of carbonyl (C=O) groups is 1. The van der Waals surface area contributed by atoms with Gasteiger partial charge in [-0.3, -0.25) is 15.6 Å². The molecule has 2 aromatic rings. The predicted molar refractivity (Wildman–Crippen MR) is 94.0 cm³/mol. The molecule has 0 bridgehead atoms. The van der Waals surface area contributed by atoms with Gasteiger partial charge in [-0.2, -0.15) is 0 Å². The summed E-state index contributed by atoms with van der Waals surface area (Å²) in [7, 11) is 3.85. The van der Waals surface area contributed by atoms with Gasteiger partial charge in [0.05, 0.1) is 0 Å². The molecule has 2 rings (SSSR count). The van der Waals surface area contributed by atoms with Gasteiger partial charge in [0, 0.05) is 31.0 Å². The van der Waals surface area contributed by atoms with Crippen LogP contribution in [-0.4, -0.2) is 25.1 Å². The fourth-order valence-corrected chi connectivity index (χ4v) is 1.96. The Hall–Kier alpha value is -2.67. The molecule has 0 saturated heterocycles. The van der Waals surface area contributed by atoms with Crippen LogP contribution in [0.1, 0.15) is 10.4 Å². The molecule has 0 aromatic heterocycles. The smallest absolute Gasteiger partial charge is 0.269 e. The van der Waals surface area contributed by atoms with Crippen molar-refractivity contribution >= 4 is 34.6 Å². The molecule has 2 aromatic carbocycles. The number of hydrazine groups is 1. The second-order valence-corrected chi connectivity index (χ2v) is 5.39. The number of nitrogens with zero attached hydrogens (tertiary/aromatic N) is 1. The quantitative estimate of drug-likeness (QED) is 0.596. The van der Waals surface area contributed by atoms with Gasteiger partial charge in [-0.1, -0.05) is 0 Å². The standard InChI is InChI=1S/C16H17FN4OS/c1-21(2)14-9-3-11(4-10-14)15(22)19-20-16(23)18-13-7-5-12(17)6-8-13/h3-10H,1-2H3,(H,19,22)(H2,18,20,23). The van der Waals surface area contributed by atoms with Crippen LogP contribution in [0.5, 0.6) is 0 Å². The number of benzene rings is 2. The Morgan fingerprint density at radius 2 is 1.61 bits per heavy atom. The van der Waals surface area contributed by atoms with E-state index in [4.69, 9.17) is 12.2 Å². The Morgan fingerprint density at radius 1 is 1.00 bits per heavy atom. The van der Waals surface area contributed by atoms with E-state index in [0.717, 1.165) is 5.69 Å². The van der Waals surface area contributed by atoms with E-state index in [1.54, 1.807) is 24.3 Å². The van der Waals surface area contributed by atoms with Gasteiger partial charge in [-0.15, -0.1) is 0 Å². The Labute approximate surface area is 139 Å². The van der Waals surface area contributed by atoms with E-state index in [9.17, 15) is 9.18 Å². The van der Waals surface area contributed by atoms with Crippen molar-refractivity contribution in [3.05, 3.63) is 59.9 Å². The minimum Gasteiger partial charge on any atom is -0.378 e. The molecule has 5 nitrogen and oxygen atoms in total. The van der Waals surface area contributed by atoms with E-state index in [-0.39, 0.29) is 16.8 Å². The first kappa shape index (κ1) is 16.7. The van der Waals surface area contributed by atoms with Crippen molar-refractivity contribution in [1.82, 2.24) is 10.9 Å². The number of rotatable bonds is 3. The number of carbonyl (C=O) groups excluding carboxylic acids is 1. The second kappa shape index (κ2) is 7.55. The highest BCUT2D eigenvalue weighted by atomic mass is 32.1. The second-order valence-electron chi connectivity index (χ2n) is 4.98. The predicted octanol–water partition coefficient (Wildman–Crippen LogP) is 2.52. The maximum Gasteiger partial charge on any atom is 0.269 e. The third kappa shape index (κ3) is 4.93. The third-order valence-electron chi connectivity index (χ3n) is 3.04. The van der Waals surface area contributed by atoms with Crippen LogP contribution >= 0.6 is 12.2 Å². The molecule has 0 aliphatic carbocycles. The Bertz CT molecular complexity index is 686. The van der Waals surface area contributed by atoms with E-state index in [1.165, 1.54) is 12.1 Å². The first-order chi connectivity index (χ1) is 11.0. The maximum atomic E-state index is 12.8. The van der Waals surface area contributed by atoms with Gasteiger partial charge in [0.1, 0.15) is 5.82 Å². The molecule has 0 radical (unpaired) electrons. The molecular formula is C16H17FN4OS. The molecule has 0 heterocycles. The van der Waals surface area contributed by atoms with Crippen molar-refractivity contribution in [2.24, 2.45) is 0 Å². The summed E-state index contributed by atoms with van der Waals surface area (Å²) in [5, 5.41) is 3.04. The van der Waals surface area contributed by atoms with Crippen LogP contribution in [0.25, 0.3) is 0 Å². The summed E-state index contributed by atoms with van der Waals surface area (Å²) >= 11 is 5.05. The lowest BCUT2D eigenvalue weighted by Crippen LogP contribution is -2.43. The molecule has 0 atom stereocenters. The molecule has 0 unspecified atom stereocenters. The van der Waals surface area contributed by atoms with E-state index in [0.29, 0.717) is 11.3 Å². The van der Waals surface area contributed by atoms with E-state index < -0.39 is 0 Å². The van der Waals surface area contributed by atoms with Crippen molar-refractivity contribution in [2.45, 2.75) is 0 Å². The van der Waals surface area contributed by atoms with E-state index >= 15 is 0 Å². The van der Waals surface area contributed by atoms with Gasteiger partial charge in [-0.05, 0) is 60.7 Å². The normalized spacial score (nSPS) is 9.87. The monoisotopic (exact) mass is 332 g/mol. The summed E-state index contributed by atoms with van der Waals surface area (Å²) in [6.07, 6.45) is 0. The van der Waals surface area contributed by atoms with Crippen LogP contribution in [0.15, 0.2) is 48.5 Å². The van der Waals surface area contributed by atoms with Crippen LogP contribution < -0.4 is 21.1 Å². The number of thiocarbonyl (C=S) groups is 1. The van der Waals surface area contributed by atoms with Crippen LogP contribution in [0.3, 0.4) is 0 Å². The first-order valence-electron chi connectivity index (χ1n) is 6.86. The van der Waals surface area contributed by atoms with Gasteiger partial charge < -0.3 is 10.2 Å². The molecule has 7 heteroatoms. The summed E-state index contributed by atoms with van der Waals surface area (Å²) in [5.41, 5.74) is 7.23. The largest absolute Gasteiger partial charge is 0.378 e. The average Bonchev–Trinajstić information content (AvgIpc) is 2.55. The Balaban J connectivity index is 1.85. The number of halogens is 1. The van der Waals surface area contributed by atoms with Crippen molar-refractivity contribution in [3.63, 3.8) is 0 Å². The van der Waals surface area contributed by atoms with Gasteiger partial charge in [-0.25, -0.2) is 4.39 Å². The van der Waals surface area contributed by atoms with Gasteiger partial charge in [0.25, 0.3) is 5.91 Å². The third-order valence-corrected chi connectivity index (χ3v) is 3.24. The molecule has 0 fully saturated rings. The lowest BCUT2D eigenvalue weighted by molar-refractivity contribution is 0.0944. The molecule has 0 aliphatic heterocycles. The summed E-state index contributed by atoms with van der Waals surface area (Å²) in [6.45, 7) is 0. The summed E-state index contributed by atoms with van der Waals surface area (Å²) in [4.78, 5) is 13.9. The summed E-state index contributed by atoms with van der Waals surface area (Å²) in [5.74, 6) is -0.637. The minimum absolute atomic E-state index is 0.204. The first-order valence-corrected chi connectivity index (χ1v) is 7.27. The highest BCUT2D eigenvalue weighted by molar-refractivity contribution is 7.80. The molecule has 0 saturated carbocycles. The van der Waals surface area contributed by atoms with Gasteiger partial charge >= 0.3 is 0 Å². The van der Waals surface area contributed by atoms with E-state index in [2.05, 4.69) is 16.2 Å². The highest BCUT2D eigenvalue weighted by Crippen LogP contribution is 2.12. The SMILES string of the molecule is CN(C)c1ccc(C(=O)NNC(=S)Nc2ccc(F)cc2)cc1. The molecule has 0 aliphatic rings. The Morgan fingerprint density at radius 3 is 2.17 bits per heavy atom. The minimum atomic E-state index is -0.330. The fraction of sp³-hybridized carbons (Fsp3) is 0.125. The maximum absolute atomic E-state index is 12.8. The van der Waals surface area contributed by atoms with Crippen molar-refractivity contribution in [1.29, 1.82) is 0 Å². The van der Waals surface area contributed by atoms with Crippen LogP contribution in [0.2, 0.25) is 0 Å². The Kier molecular flexibility index (Phi) is 5.48. The molecule has 1 amide bonds.